The molecule has 1 atom stereocenters. The lowest BCUT2D eigenvalue weighted by atomic mass is 9.89. The summed E-state index contributed by atoms with van der Waals surface area (Å²) in [5.41, 5.74) is -0.0321. The number of unbranched alkanes of at least 4 members (excludes halogenated alkanes) is 2. The maximum absolute atomic E-state index is 5.11. The molecule has 188 valence electrons. The molecule has 0 amide bonds. The van der Waals surface area contributed by atoms with Crippen molar-refractivity contribution in [1.82, 2.24) is 24.7 Å². The van der Waals surface area contributed by atoms with Crippen molar-refractivity contribution in [2.75, 3.05) is 10.2 Å². The van der Waals surface area contributed by atoms with Crippen LogP contribution in [0.1, 0.15) is 117 Å². The van der Waals surface area contributed by atoms with Crippen molar-refractivity contribution in [3.8, 4) is 5.95 Å². The molecule has 34 heavy (non-hydrogen) atoms. The van der Waals surface area contributed by atoms with Crippen LogP contribution in [0, 0.1) is 0 Å². The van der Waals surface area contributed by atoms with E-state index in [0.29, 0.717) is 24.0 Å². The van der Waals surface area contributed by atoms with Gasteiger partial charge in [0, 0.05) is 30.0 Å². The SMILES string of the molecule is CCCCCC(C)(CC)Nc1nc(N(C2CCCCC2)C2CCCCC2)nc(-n2cccn2)n1. The first kappa shape index (κ1) is 24.9. The molecule has 1 unspecified atom stereocenters. The Morgan fingerprint density at radius 1 is 0.941 bits per heavy atom. The van der Waals surface area contributed by atoms with E-state index in [4.69, 9.17) is 15.0 Å². The Morgan fingerprint density at radius 3 is 2.18 bits per heavy atom. The van der Waals surface area contributed by atoms with E-state index < -0.39 is 0 Å². The lowest BCUT2D eigenvalue weighted by Gasteiger charge is -2.42. The van der Waals surface area contributed by atoms with Gasteiger partial charge in [0.2, 0.25) is 11.9 Å². The molecular weight excluding hydrogens is 422 g/mol. The molecule has 2 heterocycles. The molecule has 0 aliphatic heterocycles. The van der Waals surface area contributed by atoms with Gasteiger partial charge in [0.05, 0.1) is 0 Å². The molecule has 0 saturated heterocycles. The first-order valence-corrected chi connectivity index (χ1v) is 13.9. The predicted octanol–water partition coefficient (Wildman–Crippen LogP) is 6.69. The Labute approximate surface area is 206 Å². The topological polar surface area (TPSA) is 71.8 Å². The highest BCUT2D eigenvalue weighted by atomic mass is 15.4. The van der Waals surface area contributed by atoms with Gasteiger partial charge < -0.3 is 10.2 Å². The third kappa shape index (κ3) is 6.28. The van der Waals surface area contributed by atoms with E-state index in [-0.39, 0.29) is 5.54 Å². The molecule has 2 aliphatic carbocycles. The Hall–Kier alpha value is -2.18. The average molecular weight is 468 g/mol. The van der Waals surface area contributed by atoms with Gasteiger partial charge in [0.25, 0.3) is 5.95 Å². The number of hydrogen-bond donors (Lipinski definition) is 1. The summed E-state index contributed by atoms with van der Waals surface area (Å²) in [4.78, 5) is 17.6. The van der Waals surface area contributed by atoms with Gasteiger partial charge in [-0.2, -0.15) is 20.1 Å². The molecule has 0 radical (unpaired) electrons. The van der Waals surface area contributed by atoms with E-state index in [1.165, 1.54) is 83.5 Å². The van der Waals surface area contributed by atoms with Gasteiger partial charge in [0.15, 0.2) is 0 Å². The largest absolute Gasteiger partial charge is 0.349 e. The summed E-state index contributed by atoms with van der Waals surface area (Å²) in [5.74, 6) is 2.14. The van der Waals surface area contributed by atoms with Gasteiger partial charge in [-0.3, -0.25) is 0 Å². The van der Waals surface area contributed by atoms with E-state index in [1.807, 2.05) is 12.3 Å². The fraction of sp³-hybridized carbons (Fsp3) is 0.778. The van der Waals surface area contributed by atoms with Crippen LogP contribution in [-0.2, 0) is 0 Å². The second-order valence-corrected chi connectivity index (χ2v) is 10.7. The summed E-state index contributed by atoms with van der Waals surface area (Å²) < 4.78 is 1.77. The number of anilines is 2. The number of hydrogen-bond acceptors (Lipinski definition) is 6. The molecular formula is C27H45N7. The molecule has 2 fully saturated rings. The average Bonchev–Trinajstić information content (AvgIpc) is 3.41. The fourth-order valence-corrected chi connectivity index (χ4v) is 5.72. The zero-order chi connectivity index (χ0) is 23.8. The molecule has 2 aromatic heterocycles. The Morgan fingerprint density at radius 2 is 1.62 bits per heavy atom. The second kappa shape index (κ2) is 12.0. The van der Waals surface area contributed by atoms with E-state index in [2.05, 4.69) is 36.1 Å². The lowest BCUT2D eigenvalue weighted by molar-refractivity contribution is 0.335. The minimum Gasteiger partial charge on any atom is -0.349 e. The van der Waals surface area contributed by atoms with E-state index >= 15 is 0 Å². The van der Waals surface area contributed by atoms with Gasteiger partial charge in [-0.15, -0.1) is 0 Å². The van der Waals surface area contributed by atoms with Crippen LogP contribution in [0.15, 0.2) is 18.5 Å². The summed E-state index contributed by atoms with van der Waals surface area (Å²) in [6.45, 7) is 6.82. The summed E-state index contributed by atoms with van der Waals surface area (Å²) in [6, 6.07) is 2.98. The molecule has 1 N–H and O–H groups in total. The molecule has 2 aliphatic rings. The third-order valence-electron chi connectivity index (χ3n) is 8.01. The van der Waals surface area contributed by atoms with Crippen molar-refractivity contribution in [2.24, 2.45) is 0 Å². The number of nitrogens with one attached hydrogen (secondary N) is 1. The van der Waals surface area contributed by atoms with Gasteiger partial charge in [-0.1, -0.05) is 71.6 Å². The molecule has 0 aromatic carbocycles. The van der Waals surface area contributed by atoms with Crippen molar-refractivity contribution in [1.29, 1.82) is 0 Å². The number of aromatic nitrogens is 5. The third-order valence-corrected chi connectivity index (χ3v) is 8.01. The Balaban J connectivity index is 1.69. The van der Waals surface area contributed by atoms with Gasteiger partial charge in [-0.05, 0) is 51.5 Å². The van der Waals surface area contributed by atoms with E-state index in [1.54, 1.807) is 10.9 Å². The minimum absolute atomic E-state index is 0.0321. The molecule has 7 heteroatoms. The zero-order valence-corrected chi connectivity index (χ0v) is 21.7. The number of nitrogens with zero attached hydrogens (tertiary/aromatic N) is 6. The monoisotopic (exact) mass is 467 g/mol. The first-order valence-electron chi connectivity index (χ1n) is 13.9. The molecule has 2 aromatic rings. The molecule has 0 bridgehead atoms. The van der Waals surface area contributed by atoms with Crippen LogP contribution in [0.4, 0.5) is 11.9 Å². The first-order chi connectivity index (χ1) is 16.6. The van der Waals surface area contributed by atoms with Crippen molar-refractivity contribution < 1.29 is 0 Å². The molecule has 7 nitrogen and oxygen atoms in total. The second-order valence-electron chi connectivity index (χ2n) is 10.7. The summed E-state index contributed by atoms with van der Waals surface area (Å²) in [6.07, 6.45) is 22.5. The zero-order valence-electron chi connectivity index (χ0n) is 21.7. The van der Waals surface area contributed by atoms with E-state index in [9.17, 15) is 0 Å². The molecule has 0 spiro atoms. The summed E-state index contributed by atoms with van der Waals surface area (Å²) in [5, 5.41) is 8.19. The van der Waals surface area contributed by atoms with Crippen LogP contribution in [0.5, 0.6) is 0 Å². The highest BCUT2D eigenvalue weighted by Gasteiger charge is 2.32. The van der Waals surface area contributed by atoms with Gasteiger partial charge >= 0.3 is 0 Å². The van der Waals surface area contributed by atoms with Crippen LogP contribution in [-0.4, -0.2) is 42.4 Å². The Bertz CT molecular complexity index is 838. The summed E-state index contributed by atoms with van der Waals surface area (Å²) in [7, 11) is 0. The van der Waals surface area contributed by atoms with Crippen molar-refractivity contribution in [3.63, 3.8) is 0 Å². The minimum atomic E-state index is -0.0321. The van der Waals surface area contributed by atoms with Crippen LogP contribution in [0.3, 0.4) is 0 Å². The quantitative estimate of drug-likeness (QED) is 0.371. The molecule has 4 rings (SSSR count). The van der Waals surface area contributed by atoms with E-state index in [0.717, 1.165) is 18.8 Å². The number of rotatable bonds is 11. The highest BCUT2D eigenvalue weighted by Crippen LogP contribution is 2.34. The maximum Gasteiger partial charge on any atom is 0.257 e. The predicted molar refractivity (Wildman–Crippen MR) is 140 cm³/mol. The van der Waals surface area contributed by atoms with Crippen molar-refractivity contribution >= 4 is 11.9 Å². The maximum atomic E-state index is 5.11. The molecule has 2 saturated carbocycles. The normalized spacial score (nSPS) is 19.6. The smallest absolute Gasteiger partial charge is 0.257 e. The lowest BCUT2D eigenvalue weighted by Crippen LogP contribution is -2.46. The summed E-state index contributed by atoms with van der Waals surface area (Å²) >= 11 is 0. The van der Waals surface area contributed by atoms with Crippen LogP contribution >= 0.6 is 0 Å². The van der Waals surface area contributed by atoms with Gasteiger partial charge in [0.1, 0.15) is 0 Å². The van der Waals surface area contributed by atoms with Crippen LogP contribution in [0.25, 0.3) is 5.95 Å². The highest BCUT2D eigenvalue weighted by molar-refractivity contribution is 5.43. The van der Waals surface area contributed by atoms with Crippen molar-refractivity contribution in [2.45, 2.75) is 135 Å². The van der Waals surface area contributed by atoms with Gasteiger partial charge in [-0.25, -0.2) is 4.68 Å². The fourth-order valence-electron chi connectivity index (χ4n) is 5.72. The van der Waals surface area contributed by atoms with Crippen molar-refractivity contribution in [3.05, 3.63) is 18.5 Å². The van der Waals surface area contributed by atoms with Crippen LogP contribution in [0.2, 0.25) is 0 Å². The van der Waals surface area contributed by atoms with Crippen LogP contribution < -0.4 is 10.2 Å². The standard InChI is InChI=1S/C27H45N7/c1-4-6-13-19-27(3,5-2)32-24-29-25(33-21-14-20-28-33)31-26(30-24)34(22-15-9-7-10-16-22)23-17-11-8-12-18-23/h14,20-23H,4-13,15-19H2,1-3H3,(H,29,30,31,32). The Kier molecular flexibility index (Phi) is 8.79.